The van der Waals surface area contributed by atoms with Gasteiger partial charge in [0, 0.05) is 43.2 Å². The summed E-state index contributed by atoms with van der Waals surface area (Å²) in [5.41, 5.74) is 4.91. The van der Waals surface area contributed by atoms with Crippen LogP contribution in [0.4, 0.5) is 0 Å². The van der Waals surface area contributed by atoms with Gasteiger partial charge in [-0.2, -0.15) is 0 Å². The summed E-state index contributed by atoms with van der Waals surface area (Å²) in [6, 6.07) is 14.1. The first-order chi connectivity index (χ1) is 15.0. The van der Waals surface area contributed by atoms with E-state index in [1.54, 1.807) is 7.11 Å². The fourth-order valence-corrected chi connectivity index (χ4v) is 4.90. The molecular weight excluding hydrogens is 388 g/mol. The fourth-order valence-electron chi connectivity index (χ4n) is 4.90. The molecular formula is C25H28N4O2. The Kier molecular flexibility index (Phi) is 4.93. The quantitative estimate of drug-likeness (QED) is 0.534. The van der Waals surface area contributed by atoms with Gasteiger partial charge in [0.05, 0.1) is 23.7 Å². The van der Waals surface area contributed by atoms with Crippen molar-refractivity contribution in [2.45, 2.75) is 26.2 Å². The number of para-hydroxylation sites is 2. The highest BCUT2D eigenvalue weighted by Gasteiger charge is 2.29. The van der Waals surface area contributed by atoms with Gasteiger partial charge in [0.15, 0.2) is 0 Å². The molecule has 1 aliphatic rings. The molecule has 2 aromatic heterocycles. The maximum absolute atomic E-state index is 13.6. The molecule has 1 amide bonds. The number of H-pyrrole nitrogens is 1. The van der Waals surface area contributed by atoms with E-state index >= 15 is 0 Å². The van der Waals surface area contributed by atoms with Crippen molar-refractivity contribution in [3.05, 3.63) is 59.5 Å². The molecule has 0 spiro atoms. The Morgan fingerprint density at radius 2 is 2.10 bits per heavy atom. The zero-order chi connectivity index (χ0) is 21.5. The highest BCUT2D eigenvalue weighted by atomic mass is 16.5. The van der Waals surface area contributed by atoms with Crippen molar-refractivity contribution >= 4 is 27.8 Å². The first-order valence-electron chi connectivity index (χ1n) is 10.9. The maximum atomic E-state index is 13.6. The van der Waals surface area contributed by atoms with Crippen molar-refractivity contribution in [2.24, 2.45) is 13.0 Å². The second-order valence-electron chi connectivity index (χ2n) is 8.57. The molecule has 0 radical (unpaired) electrons. The van der Waals surface area contributed by atoms with Gasteiger partial charge in [-0.25, -0.2) is 4.98 Å². The van der Waals surface area contributed by atoms with Crippen LogP contribution in [-0.4, -0.2) is 45.5 Å². The number of piperidine rings is 1. The van der Waals surface area contributed by atoms with E-state index in [-0.39, 0.29) is 5.91 Å². The van der Waals surface area contributed by atoms with Crippen LogP contribution in [-0.2, 0) is 13.5 Å². The molecule has 31 heavy (non-hydrogen) atoms. The number of nitrogens with one attached hydrogen (secondary N) is 1. The van der Waals surface area contributed by atoms with Crippen molar-refractivity contribution in [1.29, 1.82) is 0 Å². The lowest BCUT2D eigenvalue weighted by Crippen LogP contribution is -2.40. The number of imidazole rings is 1. The third-order valence-corrected chi connectivity index (χ3v) is 6.64. The lowest BCUT2D eigenvalue weighted by Gasteiger charge is -2.32. The van der Waals surface area contributed by atoms with E-state index in [0.29, 0.717) is 5.92 Å². The Balaban J connectivity index is 1.40. The maximum Gasteiger partial charge on any atom is 0.256 e. The summed E-state index contributed by atoms with van der Waals surface area (Å²) in [6.45, 7) is 3.58. The number of methoxy groups -OCH3 is 1. The second-order valence-corrected chi connectivity index (χ2v) is 8.57. The SMILES string of the molecule is COc1ccc2c(c1)c(C(=O)N1CCCC(Cc3nc4ccccc4[nH]3)C1)c(C)n2C. The average Bonchev–Trinajstić information content (AvgIpc) is 3.31. The van der Waals surface area contributed by atoms with Crippen LogP contribution in [0.25, 0.3) is 21.9 Å². The summed E-state index contributed by atoms with van der Waals surface area (Å²) >= 11 is 0. The number of aromatic amines is 1. The molecule has 1 aliphatic heterocycles. The van der Waals surface area contributed by atoms with Gasteiger partial charge in [-0.1, -0.05) is 12.1 Å². The second kappa shape index (κ2) is 7.76. The molecule has 3 heterocycles. The molecule has 1 saturated heterocycles. The Morgan fingerprint density at radius 3 is 2.90 bits per heavy atom. The lowest BCUT2D eigenvalue weighted by atomic mass is 9.94. The van der Waals surface area contributed by atoms with Crippen LogP contribution in [0.3, 0.4) is 0 Å². The number of hydrogen-bond donors (Lipinski definition) is 1. The fraction of sp³-hybridized carbons (Fsp3) is 0.360. The number of likely N-dealkylation sites (tertiary alicyclic amines) is 1. The highest BCUT2D eigenvalue weighted by molar-refractivity contribution is 6.08. The number of carbonyl (C=O) groups is 1. The first-order valence-corrected chi connectivity index (χ1v) is 10.9. The molecule has 5 rings (SSSR count). The molecule has 1 fully saturated rings. The molecule has 0 bridgehead atoms. The minimum absolute atomic E-state index is 0.116. The number of aryl methyl sites for hydroxylation is 1. The minimum atomic E-state index is 0.116. The van der Waals surface area contributed by atoms with E-state index in [0.717, 1.165) is 77.1 Å². The van der Waals surface area contributed by atoms with Crippen LogP contribution in [0.5, 0.6) is 5.75 Å². The standard InChI is InChI=1S/C25H28N4O2/c1-16-24(19-14-18(31-3)10-11-22(19)28(16)2)25(30)29-12-6-7-17(15-29)13-23-26-20-8-4-5-9-21(20)27-23/h4-5,8-11,14,17H,6-7,12-13,15H2,1-3H3,(H,26,27). The number of nitrogens with zero attached hydrogens (tertiary/aromatic N) is 3. The summed E-state index contributed by atoms with van der Waals surface area (Å²) in [5.74, 6) is 2.30. The van der Waals surface area contributed by atoms with Crippen molar-refractivity contribution in [3.8, 4) is 5.75 Å². The zero-order valence-electron chi connectivity index (χ0n) is 18.3. The largest absolute Gasteiger partial charge is 0.497 e. The van der Waals surface area contributed by atoms with Crippen molar-refractivity contribution < 1.29 is 9.53 Å². The van der Waals surface area contributed by atoms with Crippen LogP contribution in [0.1, 0.15) is 34.7 Å². The van der Waals surface area contributed by atoms with E-state index in [4.69, 9.17) is 9.72 Å². The van der Waals surface area contributed by atoms with Crippen LogP contribution >= 0.6 is 0 Å². The predicted molar refractivity (Wildman–Crippen MR) is 123 cm³/mol. The van der Waals surface area contributed by atoms with Gasteiger partial charge >= 0.3 is 0 Å². The number of ether oxygens (including phenoxy) is 1. The van der Waals surface area contributed by atoms with Crippen molar-refractivity contribution in [2.75, 3.05) is 20.2 Å². The normalized spacial score (nSPS) is 16.9. The molecule has 0 saturated carbocycles. The predicted octanol–water partition coefficient (Wildman–Crippen LogP) is 4.47. The van der Waals surface area contributed by atoms with Crippen molar-refractivity contribution in [3.63, 3.8) is 0 Å². The molecule has 2 aromatic carbocycles. The zero-order valence-corrected chi connectivity index (χ0v) is 18.3. The number of aromatic nitrogens is 3. The summed E-state index contributed by atoms with van der Waals surface area (Å²) in [7, 11) is 3.67. The van der Waals surface area contributed by atoms with Gasteiger partial charge in [-0.15, -0.1) is 0 Å². The molecule has 4 aromatic rings. The summed E-state index contributed by atoms with van der Waals surface area (Å²) in [5, 5.41) is 0.962. The number of rotatable bonds is 4. The number of benzene rings is 2. The van der Waals surface area contributed by atoms with Crippen LogP contribution in [0.15, 0.2) is 42.5 Å². The molecule has 6 nitrogen and oxygen atoms in total. The Hall–Kier alpha value is -3.28. The topological polar surface area (TPSA) is 63.1 Å². The molecule has 1 N–H and O–H groups in total. The Morgan fingerprint density at radius 1 is 1.26 bits per heavy atom. The lowest BCUT2D eigenvalue weighted by molar-refractivity contribution is 0.0673. The van der Waals surface area contributed by atoms with Crippen LogP contribution in [0, 0.1) is 12.8 Å². The summed E-state index contributed by atoms with van der Waals surface area (Å²) < 4.78 is 7.51. The number of amides is 1. The minimum Gasteiger partial charge on any atom is -0.497 e. The molecule has 1 unspecified atom stereocenters. The van der Waals surface area contributed by atoms with Gasteiger partial charge in [-0.05, 0) is 56.0 Å². The van der Waals surface area contributed by atoms with E-state index in [2.05, 4.69) is 15.6 Å². The van der Waals surface area contributed by atoms with Gasteiger partial charge < -0.3 is 19.2 Å². The van der Waals surface area contributed by atoms with Gasteiger partial charge in [0.25, 0.3) is 5.91 Å². The highest BCUT2D eigenvalue weighted by Crippen LogP contribution is 2.31. The van der Waals surface area contributed by atoms with Gasteiger partial charge in [0.1, 0.15) is 11.6 Å². The van der Waals surface area contributed by atoms with Gasteiger partial charge in [-0.3, -0.25) is 4.79 Å². The van der Waals surface area contributed by atoms with E-state index in [1.807, 2.05) is 55.3 Å². The monoisotopic (exact) mass is 416 g/mol. The smallest absolute Gasteiger partial charge is 0.256 e. The van der Waals surface area contributed by atoms with Crippen LogP contribution in [0.2, 0.25) is 0 Å². The number of fused-ring (bicyclic) bond motifs is 2. The molecule has 1 atom stereocenters. The van der Waals surface area contributed by atoms with E-state index < -0.39 is 0 Å². The van der Waals surface area contributed by atoms with Crippen LogP contribution < -0.4 is 4.74 Å². The third kappa shape index (κ3) is 3.46. The average molecular weight is 417 g/mol. The molecule has 0 aliphatic carbocycles. The number of carbonyl (C=O) groups excluding carboxylic acids is 1. The van der Waals surface area contributed by atoms with Crippen molar-refractivity contribution in [1.82, 2.24) is 19.4 Å². The Labute approximate surface area is 181 Å². The van der Waals surface area contributed by atoms with E-state index in [9.17, 15) is 4.79 Å². The first kappa shape index (κ1) is 19.7. The Bertz CT molecular complexity index is 1240. The third-order valence-electron chi connectivity index (χ3n) is 6.64. The summed E-state index contributed by atoms with van der Waals surface area (Å²) in [6.07, 6.45) is 2.99. The molecule has 160 valence electrons. The van der Waals surface area contributed by atoms with Gasteiger partial charge in [0.2, 0.25) is 0 Å². The number of hydrogen-bond acceptors (Lipinski definition) is 3. The summed E-state index contributed by atoms with van der Waals surface area (Å²) in [4.78, 5) is 23.8. The molecule has 6 heteroatoms. The van der Waals surface area contributed by atoms with E-state index in [1.165, 1.54) is 0 Å².